The SMILES string of the molecule is COc1cc(-c2cnn(C)c2)ccc1-c1nnc(N2CC3(CCCNC3)C2)s1. The summed E-state index contributed by atoms with van der Waals surface area (Å²) in [5.74, 6) is 0.806. The Hall–Kier alpha value is -2.45. The van der Waals surface area contributed by atoms with Crippen molar-refractivity contribution in [2.45, 2.75) is 12.8 Å². The summed E-state index contributed by atoms with van der Waals surface area (Å²) in [6, 6.07) is 6.19. The van der Waals surface area contributed by atoms with Crippen LogP contribution >= 0.6 is 11.3 Å². The van der Waals surface area contributed by atoms with E-state index in [0.29, 0.717) is 5.41 Å². The first kappa shape index (κ1) is 17.6. The molecule has 0 radical (unpaired) electrons. The van der Waals surface area contributed by atoms with Crippen LogP contribution in [0.4, 0.5) is 5.13 Å². The first-order chi connectivity index (χ1) is 13.7. The molecule has 0 amide bonds. The fraction of sp³-hybridized carbons (Fsp3) is 0.450. The highest BCUT2D eigenvalue weighted by molar-refractivity contribution is 7.18. The molecule has 8 heteroatoms. The summed E-state index contributed by atoms with van der Waals surface area (Å²) in [6.07, 6.45) is 6.44. The molecule has 0 bridgehead atoms. The third-order valence-corrected chi connectivity index (χ3v) is 6.79. The Balaban J connectivity index is 1.37. The molecule has 3 aromatic rings. The Bertz CT molecular complexity index is 982. The summed E-state index contributed by atoms with van der Waals surface area (Å²) in [5.41, 5.74) is 3.56. The van der Waals surface area contributed by atoms with Gasteiger partial charge in [0.05, 0.1) is 18.9 Å². The van der Waals surface area contributed by atoms with E-state index in [1.165, 1.54) is 12.8 Å². The largest absolute Gasteiger partial charge is 0.496 e. The highest BCUT2D eigenvalue weighted by atomic mass is 32.1. The fourth-order valence-electron chi connectivity index (χ4n) is 4.27. The minimum atomic E-state index is 0.438. The Morgan fingerprint density at radius 3 is 2.82 bits per heavy atom. The number of piperidine rings is 1. The van der Waals surface area contributed by atoms with Crippen LogP contribution in [0.5, 0.6) is 5.75 Å². The van der Waals surface area contributed by atoms with Crippen LogP contribution in [-0.2, 0) is 7.05 Å². The van der Waals surface area contributed by atoms with Gasteiger partial charge in [0.2, 0.25) is 5.13 Å². The third kappa shape index (κ3) is 3.06. The molecule has 5 rings (SSSR count). The Kier molecular flexibility index (Phi) is 4.32. The average Bonchev–Trinajstić information content (AvgIpc) is 3.35. The van der Waals surface area contributed by atoms with Crippen molar-refractivity contribution < 1.29 is 4.74 Å². The van der Waals surface area contributed by atoms with Gasteiger partial charge in [-0.15, -0.1) is 10.2 Å². The van der Waals surface area contributed by atoms with Crippen LogP contribution in [0, 0.1) is 5.41 Å². The molecule has 7 nitrogen and oxygen atoms in total. The Labute approximate surface area is 168 Å². The fourth-order valence-corrected chi connectivity index (χ4v) is 5.14. The lowest BCUT2D eigenvalue weighted by Crippen LogP contribution is -2.62. The predicted octanol–water partition coefficient (Wildman–Crippen LogP) is 2.80. The number of aryl methyl sites for hydroxylation is 1. The average molecular weight is 397 g/mol. The van der Waals surface area contributed by atoms with Gasteiger partial charge in [-0.3, -0.25) is 4.68 Å². The second-order valence-electron chi connectivity index (χ2n) is 7.84. The molecule has 1 spiro atoms. The van der Waals surface area contributed by atoms with Crippen LogP contribution in [0.3, 0.4) is 0 Å². The summed E-state index contributed by atoms with van der Waals surface area (Å²) in [4.78, 5) is 2.35. The van der Waals surface area contributed by atoms with Crippen molar-refractivity contribution in [3.8, 4) is 27.4 Å². The van der Waals surface area contributed by atoms with E-state index in [1.807, 2.05) is 25.5 Å². The van der Waals surface area contributed by atoms with Gasteiger partial charge in [0.25, 0.3) is 0 Å². The molecule has 146 valence electrons. The van der Waals surface area contributed by atoms with E-state index in [1.54, 1.807) is 23.1 Å². The van der Waals surface area contributed by atoms with Crippen molar-refractivity contribution >= 4 is 16.5 Å². The summed E-state index contributed by atoms with van der Waals surface area (Å²) < 4.78 is 7.46. The number of nitrogens with zero attached hydrogens (tertiary/aromatic N) is 5. The standard InChI is InChI=1S/C20H24N6OS/c1-25-10-15(9-22-25)14-4-5-16(17(8-14)27-2)18-23-24-19(28-18)26-12-20(13-26)6-3-7-21-11-20/h4-5,8-10,21H,3,6-7,11-13H2,1-2H3. The van der Waals surface area contributed by atoms with Crippen LogP contribution in [-0.4, -0.2) is 53.3 Å². The quantitative estimate of drug-likeness (QED) is 0.731. The molecule has 0 saturated carbocycles. The van der Waals surface area contributed by atoms with Gasteiger partial charge >= 0.3 is 0 Å². The topological polar surface area (TPSA) is 68.1 Å². The number of methoxy groups -OCH3 is 1. The van der Waals surface area contributed by atoms with Crippen molar-refractivity contribution in [1.29, 1.82) is 0 Å². The third-order valence-electron chi connectivity index (χ3n) is 5.77. The van der Waals surface area contributed by atoms with E-state index in [0.717, 1.165) is 58.8 Å². The highest BCUT2D eigenvalue weighted by Gasteiger charge is 2.44. The number of benzene rings is 1. The van der Waals surface area contributed by atoms with Crippen molar-refractivity contribution in [3.63, 3.8) is 0 Å². The normalized spacial score (nSPS) is 18.3. The van der Waals surface area contributed by atoms with Crippen molar-refractivity contribution in [1.82, 2.24) is 25.3 Å². The molecule has 2 aliphatic rings. The van der Waals surface area contributed by atoms with Gasteiger partial charge in [-0.2, -0.15) is 5.10 Å². The summed E-state index contributed by atoms with van der Waals surface area (Å²) >= 11 is 1.64. The maximum atomic E-state index is 5.66. The van der Waals surface area contributed by atoms with E-state index < -0.39 is 0 Å². The maximum absolute atomic E-state index is 5.66. The van der Waals surface area contributed by atoms with Gasteiger partial charge in [-0.05, 0) is 37.1 Å². The molecule has 28 heavy (non-hydrogen) atoms. The molecule has 2 fully saturated rings. The molecule has 0 atom stereocenters. The molecule has 2 aromatic heterocycles. The molecular formula is C20H24N6OS. The van der Waals surface area contributed by atoms with E-state index >= 15 is 0 Å². The summed E-state index contributed by atoms with van der Waals surface area (Å²) in [5, 5.41) is 18.6. The second kappa shape index (κ2) is 6.86. The predicted molar refractivity (Wildman–Crippen MR) is 111 cm³/mol. The number of ether oxygens (including phenoxy) is 1. The molecule has 1 aromatic carbocycles. The minimum Gasteiger partial charge on any atom is -0.496 e. The molecule has 1 N–H and O–H groups in total. The van der Waals surface area contributed by atoms with Crippen LogP contribution < -0.4 is 15.0 Å². The van der Waals surface area contributed by atoms with E-state index in [4.69, 9.17) is 4.74 Å². The smallest absolute Gasteiger partial charge is 0.208 e. The van der Waals surface area contributed by atoms with Crippen LogP contribution in [0.1, 0.15) is 12.8 Å². The second-order valence-corrected chi connectivity index (χ2v) is 8.80. The number of nitrogens with one attached hydrogen (secondary N) is 1. The van der Waals surface area contributed by atoms with Gasteiger partial charge < -0.3 is 15.0 Å². The van der Waals surface area contributed by atoms with E-state index in [2.05, 4.69) is 37.6 Å². The molecule has 0 unspecified atom stereocenters. The number of hydrogen-bond donors (Lipinski definition) is 1. The molecule has 4 heterocycles. The minimum absolute atomic E-state index is 0.438. The Morgan fingerprint density at radius 2 is 2.11 bits per heavy atom. The maximum Gasteiger partial charge on any atom is 0.208 e. The number of rotatable bonds is 4. The lowest BCUT2D eigenvalue weighted by molar-refractivity contribution is 0.156. The lowest BCUT2D eigenvalue weighted by Gasteiger charge is -2.52. The van der Waals surface area contributed by atoms with Gasteiger partial charge in [0.15, 0.2) is 5.01 Å². The Morgan fingerprint density at radius 1 is 1.21 bits per heavy atom. The van der Waals surface area contributed by atoms with Gasteiger partial charge in [0.1, 0.15) is 5.75 Å². The highest BCUT2D eigenvalue weighted by Crippen LogP contribution is 2.42. The zero-order valence-corrected chi connectivity index (χ0v) is 17.0. The summed E-state index contributed by atoms with van der Waals surface area (Å²) in [6.45, 7) is 4.43. The number of anilines is 1. The van der Waals surface area contributed by atoms with Crippen LogP contribution in [0.15, 0.2) is 30.6 Å². The number of hydrogen-bond acceptors (Lipinski definition) is 7. The first-order valence-corrected chi connectivity index (χ1v) is 10.4. The molecule has 2 saturated heterocycles. The zero-order valence-electron chi connectivity index (χ0n) is 16.2. The molecule has 2 aliphatic heterocycles. The van der Waals surface area contributed by atoms with Crippen molar-refractivity contribution in [2.24, 2.45) is 12.5 Å². The zero-order chi connectivity index (χ0) is 19.1. The van der Waals surface area contributed by atoms with Crippen LogP contribution in [0.2, 0.25) is 0 Å². The van der Waals surface area contributed by atoms with E-state index in [-0.39, 0.29) is 0 Å². The molecular weight excluding hydrogens is 372 g/mol. The first-order valence-electron chi connectivity index (χ1n) is 9.62. The number of aromatic nitrogens is 4. The van der Waals surface area contributed by atoms with Gasteiger partial charge in [-0.25, -0.2) is 0 Å². The van der Waals surface area contributed by atoms with Crippen LogP contribution in [0.25, 0.3) is 21.7 Å². The van der Waals surface area contributed by atoms with E-state index in [9.17, 15) is 0 Å². The lowest BCUT2D eigenvalue weighted by atomic mass is 9.74. The monoisotopic (exact) mass is 396 g/mol. The van der Waals surface area contributed by atoms with Gasteiger partial charge in [0, 0.05) is 43.9 Å². The van der Waals surface area contributed by atoms with Crippen molar-refractivity contribution in [2.75, 3.05) is 38.2 Å². The van der Waals surface area contributed by atoms with Crippen molar-refractivity contribution in [3.05, 3.63) is 30.6 Å². The van der Waals surface area contributed by atoms with Gasteiger partial charge in [-0.1, -0.05) is 17.4 Å². The summed E-state index contributed by atoms with van der Waals surface area (Å²) in [7, 11) is 3.62. The molecule has 0 aliphatic carbocycles.